The topological polar surface area (TPSA) is 40.5 Å². The van der Waals surface area contributed by atoms with E-state index in [1.165, 1.54) is 10.5 Å². The minimum atomic E-state index is -0.659. The fourth-order valence-corrected chi connectivity index (χ4v) is 3.08. The zero-order valence-electron chi connectivity index (χ0n) is 10.6. The lowest BCUT2D eigenvalue weighted by atomic mass is 10.1. The average Bonchev–Trinajstić information content (AvgIpc) is 2.78. The largest absolute Gasteiger partial charge is 0.481 e. The molecule has 1 heterocycles. The van der Waals surface area contributed by atoms with Crippen LogP contribution in [-0.2, 0) is 11.3 Å². The summed E-state index contributed by atoms with van der Waals surface area (Å²) in [5.41, 5.74) is 1.28. The fraction of sp³-hybridized carbons (Fsp3) is 0.500. The van der Waals surface area contributed by atoms with Crippen LogP contribution in [0.25, 0.3) is 0 Å². The van der Waals surface area contributed by atoms with Crippen LogP contribution in [0.1, 0.15) is 18.9 Å². The van der Waals surface area contributed by atoms with Gasteiger partial charge in [-0.15, -0.1) is 11.8 Å². The molecule has 0 bridgehead atoms. The number of likely N-dealkylation sites (tertiary alicyclic amines) is 1. The molecule has 1 aliphatic heterocycles. The van der Waals surface area contributed by atoms with Gasteiger partial charge >= 0.3 is 5.97 Å². The minimum Gasteiger partial charge on any atom is -0.481 e. The van der Waals surface area contributed by atoms with Gasteiger partial charge < -0.3 is 5.11 Å². The SMILES string of the molecule is CCSc1cccc(CN2CCC(C(=O)O)C2)c1. The Bertz CT molecular complexity index is 422. The number of nitrogens with zero attached hydrogens (tertiary/aromatic N) is 1. The normalized spacial score (nSPS) is 20.2. The van der Waals surface area contributed by atoms with Crippen molar-refractivity contribution in [1.82, 2.24) is 4.90 Å². The Morgan fingerprint density at radius 3 is 3.06 bits per heavy atom. The molecule has 1 N–H and O–H groups in total. The molecule has 0 aromatic heterocycles. The molecule has 3 nitrogen and oxygen atoms in total. The maximum absolute atomic E-state index is 10.9. The highest BCUT2D eigenvalue weighted by atomic mass is 32.2. The third-order valence-corrected chi connectivity index (χ3v) is 4.11. The van der Waals surface area contributed by atoms with Crippen LogP contribution in [0.4, 0.5) is 0 Å². The first kappa shape index (κ1) is 13.4. The molecule has 1 unspecified atom stereocenters. The number of carboxylic acid groups (broad SMARTS) is 1. The fourth-order valence-electron chi connectivity index (χ4n) is 2.34. The highest BCUT2D eigenvalue weighted by Crippen LogP contribution is 2.22. The highest BCUT2D eigenvalue weighted by molar-refractivity contribution is 7.99. The third-order valence-electron chi connectivity index (χ3n) is 3.24. The molecule has 0 aliphatic carbocycles. The molecule has 0 spiro atoms. The zero-order chi connectivity index (χ0) is 13.0. The Labute approximate surface area is 112 Å². The third kappa shape index (κ3) is 3.50. The molecule has 0 radical (unpaired) electrons. The van der Waals surface area contributed by atoms with Gasteiger partial charge in [-0.05, 0) is 36.4 Å². The number of thioether (sulfide) groups is 1. The number of hydrogen-bond acceptors (Lipinski definition) is 3. The maximum atomic E-state index is 10.9. The first-order chi connectivity index (χ1) is 8.69. The predicted molar refractivity (Wildman–Crippen MR) is 73.9 cm³/mol. The second-order valence-corrected chi connectivity index (χ2v) is 5.98. The number of benzene rings is 1. The van der Waals surface area contributed by atoms with Crippen molar-refractivity contribution in [3.8, 4) is 0 Å². The van der Waals surface area contributed by atoms with Crippen LogP contribution >= 0.6 is 11.8 Å². The second-order valence-electron chi connectivity index (χ2n) is 4.64. The van der Waals surface area contributed by atoms with Crippen molar-refractivity contribution in [1.29, 1.82) is 0 Å². The molecule has 2 rings (SSSR count). The Morgan fingerprint density at radius 2 is 2.39 bits per heavy atom. The van der Waals surface area contributed by atoms with Gasteiger partial charge in [0, 0.05) is 18.0 Å². The number of aliphatic carboxylic acids is 1. The molecule has 4 heteroatoms. The lowest BCUT2D eigenvalue weighted by Gasteiger charge is -2.15. The molecule has 98 valence electrons. The number of carboxylic acids is 1. The lowest BCUT2D eigenvalue weighted by Crippen LogP contribution is -2.22. The molecule has 18 heavy (non-hydrogen) atoms. The van der Waals surface area contributed by atoms with E-state index in [0.29, 0.717) is 6.54 Å². The zero-order valence-corrected chi connectivity index (χ0v) is 11.4. The molecular formula is C14H19NO2S. The minimum absolute atomic E-state index is 0.182. The summed E-state index contributed by atoms with van der Waals surface area (Å²) in [4.78, 5) is 14.4. The monoisotopic (exact) mass is 265 g/mol. The van der Waals surface area contributed by atoms with Crippen LogP contribution in [0.15, 0.2) is 29.2 Å². The molecule has 1 aromatic rings. The summed E-state index contributed by atoms with van der Waals surface area (Å²) >= 11 is 1.84. The van der Waals surface area contributed by atoms with Crippen LogP contribution in [0, 0.1) is 5.92 Å². The summed E-state index contributed by atoms with van der Waals surface area (Å²) in [5.74, 6) is 0.236. The van der Waals surface area contributed by atoms with Crippen LogP contribution < -0.4 is 0 Å². The summed E-state index contributed by atoms with van der Waals surface area (Å²) in [7, 11) is 0. The average molecular weight is 265 g/mol. The second kappa shape index (κ2) is 6.25. The standard InChI is InChI=1S/C14H19NO2S/c1-2-18-13-5-3-4-11(8-13)9-15-7-6-12(10-15)14(16)17/h3-5,8,12H,2,6-7,9-10H2,1H3,(H,16,17). The van der Waals surface area contributed by atoms with Gasteiger partial charge in [0.25, 0.3) is 0 Å². The number of hydrogen-bond donors (Lipinski definition) is 1. The van der Waals surface area contributed by atoms with Gasteiger partial charge in [0.05, 0.1) is 5.92 Å². The van der Waals surface area contributed by atoms with Gasteiger partial charge in [0.15, 0.2) is 0 Å². The number of rotatable bonds is 5. The van der Waals surface area contributed by atoms with Gasteiger partial charge in [-0.3, -0.25) is 9.69 Å². The molecule has 1 saturated heterocycles. The summed E-state index contributed by atoms with van der Waals surface area (Å²) in [6.45, 7) is 4.58. The Kier molecular flexibility index (Phi) is 4.66. The van der Waals surface area contributed by atoms with Gasteiger partial charge in [0.2, 0.25) is 0 Å². The van der Waals surface area contributed by atoms with Crippen molar-refractivity contribution in [3.05, 3.63) is 29.8 Å². The Balaban J connectivity index is 1.94. The van der Waals surface area contributed by atoms with Crippen molar-refractivity contribution >= 4 is 17.7 Å². The highest BCUT2D eigenvalue weighted by Gasteiger charge is 2.27. The summed E-state index contributed by atoms with van der Waals surface area (Å²) in [6, 6.07) is 8.54. The van der Waals surface area contributed by atoms with Gasteiger partial charge in [-0.25, -0.2) is 0 Å². The van der Waals surface area contributed by atoms with Gasteiger partial charge in [-0.2, -0.15) is 0 Å². The number of carbonyl (C=O) groups is 1. The lowest BCUT2D eigenvalue weighted by molar-refractivity contribution is -0.141. The van der Waals surface area contributed by atoms with E-state index in [2.05, 4.69) is 36.1 Å². The molecular weight excluding hydrogens is 246 g/mol. The summed E-state index contributed by atoms with van der Waals surface area (Å²) in [6.07, 6.45) is 0.777. The Morgan fingerprint density at radius 1 is 1.56 bits per heavy atom. The van der Waals surface area contributed by atoms with E-state index in [1.807, 2.05) is 11.8 Å². The molecule has 1 aromatic carbocycles. The summed E-state index contributed by atoms with van der Waals surface area (Å²) in [5, 5.41) is 8.98. The van der Waals surface area contributed by atoms with Crippen LogP contribution in [0.3, 0.4) is 0 Å². The van der Waals surface area contributed by atoms with E-state index in [-0.39, 0.29) is 5.92 Å². The van der Waals surface area contributed by atoms with Crippen LogP contribution in [-0.4, -0.2) is 34.8 Å². The van der Waals surface area contributed by atoms with E-state index in [4.69, 9.17) is 5.11 Å². The van der Waals surface area contributed by atoms with Crippen molar-refractivity contribution in [2.75, 3.05) is 18.8 Å². The van der Waals surface area contributed by atoms with Crippen LogP contribution in [0.2, 0.25) is 0 Å². The van der Waals surface area contributed by atoms with Crippen LogP contribution in [0.5, 0.6) is 0 Å². The molecule has 0 amide bonds. The van der Waals surface area contributed by atoms with E-state index < -0.39 is 5.97 Å². The Hall–Kier alpha value is -1.00. The quantitative estimate of drug-likeness (QED) is 0.831. The smallest absolute Gasteiger partial charge is 0.307 e. The maximum Gasteiger partial charge on any atom is 0.307 e. The van der Waals surface area contributed by atoms with E-state index >= 15 is 0 Å². The molecule has 1 atom stereocenters. The van der Waals surface area contributed by atoms with Crippen molar-refractivity contribution < 1.29 is 9.90 Å². The predicted octanol–water partition coefficient (Wildman–Crippen LogP) is 2.71. The van der Waals surface area contributed by atoms with Gasteiger partial charge in [0.1, 0.15) is 0 Å². The van der Waals surface area contributed by atoms with E-state index in [0.717, 1.165) is 25.3 Å². The van der Waals surface area contributed by atoms with Crippen molar-refractivity contribution in [3.63, 3.8) is 0 Å². The molecule has 1 fully saturated rings. The first-order valence-electron chi connectivity index (χ1n) is 6.36. The van der Waals surface area contributed by atoms with Crippen molar-refractivity contribution in [2.24, 2.45) is 5.92 Å². The van der Waals surface area contributed by atoms with Crippen molar-refractivity contribution in [2.45, 2.75) is 24.8 Å². The first-order valence-corrected chi connectivity index (χ1v) is 7.34. The molecule has 0 saturated carbocycles. The summed E-state index contributed by atoms with van der Waals surface area (Å²) < 4.78 is 0. The molecule has 1 aliphatic rings. The van der Waals surface area contributed by atoms with E-state index in [1.54, 1.807) is 0 Å². The van der Waals surface area contributed by atoms with Gasteiger partial charge in [-0.1, -0.05) is 19.1 Å². The van der Waals surface area contributed by atoms with E-state index in [9.17, 15) is 4.79 Å².